The van der Waals surface area contributed by atoms with E-state index in [0.29, 0.717) is 17.4 Å². The van der Waals surface area contributed by atoms with E-state index in [-0.39, 0.29) is 5.54 Å². The Balaban J connectivity index is 3.91. The van der Waals surface area contributed by atoms with Gasteiger partial charge < -0.3 is 11.1 Å². The summed E-state index contributed by atoms with van der Waals surface area (Å²) in [6, 6.07) is 0.318. The van der Waals surface area contributed by atoms with Crippen LogP contribution in [0.25, 0.3) is 0 Å². The Labute approximate surface area is 102 Å². The van der Waals surface area contributed by atoms with Gasteiger partial charge in [-0.15, -0.1) is 0 Å². The topological polar surface area (TPSA) is 38.0 Å². The Morgan fingerprint density at radius 1 is 1.06 bits per heavy atom. The molecule has 0 aliphatic heterocycles. The maximum atomic E-state index is 6.03. The standard InChI is InChI=1S/C14H32N2/c1-11(2)12(15)8-9-16-14(6,7)10-13(3,4)5/h11-12,16H,8-10,15H2,1-7H3. The predicted octanol–water partition coefficient (Wildman–Crippen LogP) is 3.16. The molecule has 0 amide bonds. The molecular formula is C14H32N2. The molecule has 0 aliphatic carbocycles. The van der Waals surface area contributed by atoms with Crippen molar-refractivity contribution in [2.24, 2.45) is 17.1 Å². The number of rotatable bonds is 6. The lowest BCUT2D eigenvalue weighted by atomic mass is 9.81. The van der Waals surface area contributed by atoms with Crippen molar-refractivity contribution in [2.45, 2.75) is 72.9 Å². The first kappa shape index (κ1) is 15.9. The van der Waals surface area contributed by atoms with Gasteiger partial charge in [-0.3, -0.25) is 0 Å². The van der Waals surface area contributed by atoms with E-state index in [0.717, 1.165) is 13.0 Å². The number of nitrogens with one attached hydrogen (secondary N) is 1. The smallest absolute Gasteiger partial charge is 0.0130 e. The second-order valence-electron chi connectivity index (χ2n) is 7.24. The minimum Gasteiger partial charge on any atom is -0.327 e. The van der Waals surface area contributed by atoms with Crippen molar-refractivity contribution in [1.29, 1.82) is 0 Å². The first-order chi connectivity index (χ1) is 7.03. The number of hydrogen-bond acceptors (Lipinski definition) is 2. The van der Waals surface area contributed by atoms with Gasteiger partial charge in [-0.25, -0.2) is 0 Å². The minimum atomic E-state index is 0.203. The molecule has 0 bridgehead atoms. The van der Waals surface area contributed by atoms with Gasteiger partial charge in [-0.2, -0.15) is 0 Å². The van der Waals surface area contributed by atoms with Crippen LogP contribution in [-0.4, -0.2) is 18.1 Å². The lowest BCUT2D eigenvalue weighted by molar-refractivity contribution is 0.238. The van der Waals surface area contributed by atoms with Gasteiger partial charge in [0.2, 0.25) is 0 Å². The van der Waals surface area contributed by atoms with Gasteiger partial charge in [0.15, 0.2) is 0 Å². The molecule has 0 radical (unpaired) electrons. The molecule has 0 aromatic rings. The van der Waals surface area contributed by atoms with Crippen LogP contribution in [0.5, 0.6) is 0 Å². The molecule has 2 heteroatoms. The highest BCUT2D eigenvalue weighted by atomic mass is 15.0. The van der Waals surface area contributed by atoms with Crippen LogP contribution >= 0.6 is 0 Å². The summed E-state index contributed by atoms with van der Waals surface area (Å²) in [5, 5.41) is 3.62. The molecule has 1 atom stereocenters. The Morgan fingerprint density at radius 3 is 1.94 bits per heavy atom. The van der Waals surface area contributed by atoms with E-state index in [1.807, 2.05) is 0 Å². The Morgan fingerprint density at radius 2 is 1.56 bits per heavy atom. The average Bonchev–Trinajstić information content (AvgIpc) is 1.98. The Bertz CT molecular complexity index is 189. The molecule has 0 rings (SSSR count). The molecule has 0 fully saturated rings. The van der Waals surface area contributed by atoms with Crippen LogP contribution in [0.1, 0.15) is 61.3 Å². The summed E-state index contributed by atoms with van der Waals surface area (Å²) in [5.41, 5.74) is 6.61. The Hall–Kier alpha value is -0.0800. The SMILES string of the molecule is CC(C)C(N)CCNC(C)(C)CC(C)(C)C. The maximum Gasteiger partial charge on any atom is 0.0130 e. The number of hydrogen-bond donors (Lipinski definition) is 2. The van der Waals surface area contributed by atoms with Crippen molar-refractivity contribution in [3.05, 3.63) is 0 Å². The van der Waals surface area contributed by atoms with E-state index in [1.165, 1.54) is 6.42 Å². The molecule has 0 aromatic carbocycles. The fourth-order valence-corrected chi connectivity index (χ4v) is 2.30. The molecule has 0 aromatic heterocycles. The van der Waals surface area contributed by atoms with Crippen LogP contribution in [0.2, 0.25) is 0 Å². The normalized spacial score (nSPS) is 15.6. The monoisotopic (exact) mass is 228 g/mol. The van der Waals surface area contributed by atoms with E-state index < -0.39 is 0 Å². The third-order valence-corrected chi connectivity index (χ3v) is 2.91. The summed E-state index contributed by atoms with van der Waals surface area (Å²) < 4.78 is 0. The van der Waals surface area contributed by atoms with Crippen LogP contribution in [0.3, 0.4) is 0 Å². The van der Waals surface area contributed by atoms with Crippen LogP contribution in [0.4, 0.5) is 0 Å². The lowest BCUT2D eigenvalue weighted by Crippen LogP contribution is -2.44. The maximum absolute atomic E-state index is 6.03. The van der Waals surface area contributed by atoms with Crippen molar-refractivity contribution >= 4 is 0 Å². The molecule has 0 heterocycles. The summed E-state index contributed by atoms with van der Waals surface area (Å²) in [5.74, 6) is 0.576. The lowest BCUT2D eigenvalue weighted by Gasteiger charge is -2.34. The van der Waals surface area contributed by atoms with E-state index >= 15 is 0 Å². The molecule has 3 N–H and O–H groups in total. The first-order valence-electron chi connectivity index (χ1n) is 6.54. The van der Waals surface area contributed by atoms with E-state index in [9.17, 15) is 0 Å². The summed E-state index contributed by atoms with van der Waals surface area (Å²) in [6.07, 6.45) is 2.24. The fraction of sp³-hybridized carbons (Fsp3) is 1.00. The summed E-state index contributed by atoms with van der Waals surface area (Å²) >= 11 is 0. The predicted molar refractivity (Wildman–Crippen MR) is 73.6 cm³/mol. The van der Waals surface area contributed by atoms with E-state index in [4.69, 9.17) is 5.73 Å². The van der Waals surface area contributed by atoms with E-state index in [1.54, 1.807) is 0 Å². The van der Waals surface area contributed by atoms with Crippen molar-refractivity contribution < 1.29 is 0 Å². The van der Waals surface area contributed by atoms with Gasteiger partial charge in [-0.05, 0) is 44.6 Å². The summed E-state index contributed by atoms with van der Waals surface area (Å²) in [4.78, 5) is 0. The van der Waals surface area contributed by atoms with Gasteiger partial charge in [0.1, 0.15) is 0 Å². The van der Waals surface area contributed by atoms with Crippen LogP contribution in [0.15, 0.2) is 0 Å². The van der Waals surface area contributed by atoms with Crippen molar-refractivity contribution in [2.75, 3.05) is 6.54 Å². The van der Waals surface area contributed by atoms with Gasteiger partial charge >= 0.3 is 0 Å². The second kappa shape index (κ2) is 6.02. The zero-order valence-electron chi connectivity index (χ0n) is 12.4. The highest BCUT2D eigenvalue weighted by Gasteiger charge is 2.24. The van der Waals surface area contributed by atoms with Crippen molar-refractivity contribution in [3.8, 4) is 0 Å². The fourth-order valence-electron chi connectivity index (χ4n) is 2.30. The van der Waals surface area contributed by atoms with Gasteiger partial charge in [0.25, 0.3) is 0 Å². The van der Waals surface area contributed by atoms with E-state index in [2.05, 4.69) is 53.8 Å². The third kappa shape index (κ3) is 8.12. The molecule has 98 valence electrons. The van der Waals surface area contributed by atoms with Crippen molar-refractivity contribution in [1.82, 2.24) is 5.32 Å². The van der Waals surface area contributed by atoms with Gasteiger partial charge in [0, 0.05) is 11.6 Å². The minimum absolute atomic E-state index is 0.203. The van der Waals surface area contributed by atoms with Crippen LogP contribution in [0, 0.1) is 11.3 Å². The number of nitrogens with two attached hydrogens (primary N) is 1. The molecule has 0 saturated heterocycles. The van der Waals surface area contributed by atoms with Crippen LogP contribution in [-0.2, 0) is 0 Å². The molecule has 0 aliphatic rings. The highest BCUT2D eigenvalue weighted by molar-refractivity contribution is 4.83. The van der Waals surface area contributed by atoms with Gasteiger partial charge in [0.05, 0.1) is 0 Å². The molecule has 16 heavy (non-hydrogen) atoms. The molecule has 0 spiro atoms. The zero-order chi connectivity index (χ0) is 13.0. The molecule has 1 unspecified atom stereocenters. The van der Waals surface area contributed by atoms with Crippen LogP contribution < -0.4 is 11.1 Å². The quantitative estimate of drug-likeness (QED) is 0.733. The highest BCUT2D eigenvalue weighted by Crippen LogP contribution is 2.26. The zero-order valence-corrected chi connectivity index (χ0v) is 12.4. The largest absolute Gasteiger partial charge is 0.327 e. The summed E-state index contributed by atoms with van der Waals surface area (Å²) in [6.45, 7) is 16.8. The second-order valence-corrected chi connectivity index (χ2v) is 7.24. The summed E-state index contributed by atoms with van der Waals surface area (Å²) in [7, 11) is 0. The van der Waals surface area contributed by atoms with Crippen molar-refractivity contribution in [3.63, 3.8) is 0 Å². The molecule has 2 nitrogen and oxygen atoms in total. The first-order valence-corrected chi connectivity index (χ1v) is 6.54. The Kier molecular flexibility index (Phi) is 5.99. The molecular weight excluding hydrogens is 196 g/mol. The van der Waals surface area contributed by atoms with Gasteiger partial charge in [-0.1, -0.05) is 34.6 Å². The third-order valence-electron chi connectivity index (χ3n) is 2.91. The average molecular weight is 228 g/mol. The molecule has 0 saturated carbocycles.